The van der Waals surface area contributed by atoms with Gasteiger partial charge in [-0.3, -0.25) is 4.79 Å². The van der Waals surface area contributed by atoms with E-state index in [2.05, 4.69) is 43.5 Å². The van der Waals surface area contributed by atoms with Gasteiger partial charge in [0.15, 0.2) is 0 Å². The van der Waals surface area contributed by atoms with E-state index in [1.807, 2.05) is 0 Å². The molecule has 1 amide bonds. The van der Waals surface area contributed by atoms with E-state index >= 15 is 0 Å². The average molecular weight is 692 g/mol. The Labute approximate surface area is 305 Å². The number of hydrogen-bond acceptors (Lipinski definition) is 4. The molecule has 0 saturated heterocycles. The standard InChI is InChI=1S/C44H85NO4/c1-3-5-7-9-11-13-15-17-19-21-23-24-26-28-30-32-34-36-38-42(47)44(49)41(40-46)45-43(48)39-37-35-33-31-29-27-25-22-20-18-16-14-12-10-8-6-4-2/h23-24,30,32,41-42,44,46-47,49H,3-22,25-29,31,33-40H2,1-2H3,(H,45,48)/b24-23+,32-30+. The van der Waals surface area contributed by atoms with E-state index < -0.39 is 18.2 Å². The lowest BCUT2D eigenvalue weighted by atomic mass is 10.0. The van der Waals surface area contributed by atoms with Crippen molar-refractivity contribution in [3.63, 3.8) is 0 Å². The molecule has 0 aromatic rings. The molecule has 3 atom stereocenters. The zero-order valence-corrected chi connectivity index (χ0v) is 32.8. The fraction of sp³-hybridized carbons (Fsp3) is 0.886. The van der Waals surface area contributed by atoms with Crippen molar-refractivity contribution in [1.82, 2.24) is 5.32 Å². The third-order valence-electron chi connectivity index (χ3n) is 10.0. The van der Waals surface area contributed by atoms with Crippen LogP contribution in [-0.2, 0) is 4.79 Å². The van der Waals surface area contributed by atoms with Gasteiger partial charge in [0.1, 0.15) is 6.10 Å². The maximum absolute atomic E-state index is 12.4. The lowest BCUT2D eigenvalue weighted by molar-refractivity contribution is -0.124. The van der Waals surface area contributed by atoms with Gasteiger partial charge in [-0.1, -0.05) is 192 Å². The zero-order valence-electron chi connectivity index (χ0n) is 32.8. The van der Waals surface area contributed by atoms with E-state index in [1.165, 1.54) is 154 Å². The smallest absolute Gasteiger partial charge is 0.220 e. The van der Waals surface area contributed by atoms with E-state index in [0.29, 0.717) is 12.8 Å². The van der Waals surface area contributed by atoms with Crippen molar-refractivity contribution in [2.45, 2.75) is 244 Å². The molecule has 0 heterocycles. The minimum absolute atomic E-state index is 0.156. The predicted octanol–water partition coefficient (Wildman–Crippen LogP) is 12.2. The summed E-state index contributed by atoms with van der Waals surface area (Å²) in [5.41, 5.74) is 0. The quantitative estimate of drug-likeness (QED) is 0.0381. The van der Waals surface area contributed by atoms with Crippen molar-refractivity contribution in [1.29, 1.82) is 0 Å². The number of rotatable bonds is 39. The normalized spacial score (nSPS) is 13.8. The number of carbonyl (C=O) groups excluding carboxylic acids is 1. The summed E-state index contributed by atoms with van der Waals surface area (Å²) in [4.78, 5) is 12.4. The van der Waals surface area contributed by atoms with Gasteiger partial charge in [0, 0.05) is 6.42 Å². The molecule has 0 aromatic carbocycles. The first-order valence-electron chi connectivity index (χ1n) is 21.6. The summed E-state index contributed by atoms with van der Waals surface area (Å²) in [6.45, 7) is 4.17. The molecule has 0 radical (unpaired) electrons. The first kappa shape index (κ1) is 47.8. The van der Waals surface area contributed by atoms with Crippen molar-refractivity contribution in [2.75, 3.05) is 6.61 Å². The van der Waals surface area contributed by atoms with Crippen LogP contribution in [0.2, 0.25) is 0 Å². The maximum atomic E-state index is 12.4. The maximum Gasteiger partial charge on any atom is 0.220 e. The summed E-state index contributed by atoms with van der Waals surface area (Å²) in [6.07, 6.45) is 47.1. The lowest BCUT2D eigenvalue weighted by Gasteiger charge is -2.26. The molecule has 3 unspecified atom stereocenters. The Morgan fingerprint density at radius 3 is 1.24 bits per heavy atom. The van der Waals surface area contributed by atoms with E-state index in [1.54, 1.807) is 0 Å². The van der Waals surface area contributed by atoms with Crippen molar-refractivity contribution >= 4 is 5.91 Å². The van der Waals surface area contributed by atoms with E-state index in [0.717, 1.165) is 44.9 Å². The second kappa shape index (κ2) is 39.6. The van der Waals surface area contributed by atoms with E-state index in [-0.39, 0.29) is 12.5 Å². The molecule has 0 aliphatic heterocycles. The Morgan fingerprint density at radius 1 is 0.490 bits per heavy atom. The molecule has 290 valence electrons. The van der Waals surface area contributed by atoms with Gasteiger partial charge in [-0.2, -0.15) is 0 Å². The van der Waals surface area contributed by atoms with Gasteiger partial charge in [0.2, 0.25) is 5.91 Å². The van der Waals surface area contributed by atoms with Gasteiger partial charge < -0.3 is 20.6 Å². The van der Waals surface area contributed by atoms with Crippen LogP contribution in [0.5, 0.6) is 0 Å². The third kappa shape index (κ3) is 35.0. The molecule has 0 saturated carbocycles. The average Bonchev–Trinajstić information content (AvgIpc) is 3.10. The minimum Gasteiger partial charge on any atom is -0.394 e. The highest BCUT2D eigenvalue weighted by Crippen LogP contribution is 2.15. The van der Waals surface area contributed by atoms with Crippen molar-refractivity contribution in [2.24, 2.45) is 0 Å². The van der Waals surface area contributed by atoms with Gasteiger partial charge in [-0.15, -0.1) is 0 Å². The fourth-order valence-electron chi connectivity index (χ4n) is 6.65. The molecule has 0 aliphatic carbocycles. The SMILES string of the molecule is CCCCCCCCCCC/C=C/CC/C=C/CCCC(O)C(O)C(CO)NC(=O)CCCCCCCCCCCCCCCCCCC. The van der Waals surface area contributed by atoms with Gasteiger partial charge in [0.25, 0.3) is 0 Å². The molecular formula is C44H85NO4. The van der Waals surface area contributed by atoms with Crippen molar-refractivity contribution in [3.05, 3.63) is 24.3 Å². The molecule has 0 aromatic heterocycles. The number of amides is 1. The van der Waals surface area contributed by atoms with Crippen LogP contribution < -0.4 is 5.32 Å². The number of hydrogen-bond donors (Lipinski definition) is 4. The fourth-order valence-corrected chi connectivity index (χ4v) is 6.65. The molecule has 49 heavy (non-hydrogen) atoms. The number of carbonyl (C=O) groups is 1. The van der Waals surface area contributed by atoms with Crippen LogP contribution in [0.25, 0.3) is 0 Å². The van der Waals surface area contributed by atoms with Crippen LogP contribution in [0.1, 0.15) is 226 Å². The van der Waals surface area contributed by atoms with E-state index in [4.69, 9.17) is 0 Å². The largest absolute Gasteiger partial charge is 0.394 e. The predicted molar refractivity (Wildman–Crippen MR) is 213 cm³/mol. The van der Waals surface area contributed by atoms with Crippen LogP contribution in [0.3, 0.4) is 0 Å². The van der Waals surface area contributed by atoms with Gasteiger partial charge in [0.05, 0.1) is 18.8 Å². The lowest BCUT2D eigenvalue weighted by Crippen LogP contribution is -2.50. The second-order valence-electron chi connectivity index (χ2n) is 14.9. The minimum atomic E-state index is -1.16. The summed E-state index contributed by atoms with van der Waals surface area (Å²) in [5.74, 6) is -0.156. The number of allylic oxidation sites excluding steroid dienone is 4. The number of aliphatic hydroxyl groups excluding tert-OH is 3. The zero-order chi connectivity index (χ0) is 35.9. The first-order chi connectivity index (χ1) is 24.1. The molecule has 0 rings (SSSR count). The summed E-state index contributed by atoms with van der Waals surface area (Å²) in [5, 5.41) is 33.5. The first-order valence-corrected chi connectivity index (χ1v) is 21.6. The van der Waals surface area contributed by atoms with Crippen LogP contribution in [0, 0.1) is 0 Å². The molecule has 0 aliphatic rings. The van der Waals surface area contributed by atoms with Gasteiger partial charge in [-0.05, 0) is 51.4 Å². The topological polar surface area (TPSA) is 89.8 Å². The molecule has 0 spiro atoms. The van der Waals surface area contributed by atoms with Gasteiger partial charge >= 0.3 is 0 Å². The Hall–Kier alpha value is -1.17. The monoisotopic (exact) mass is 692 g/mol. The van der Waals surface area contributed by atoms with Crippen LogP contribution >= 0.6 is 0 Å². The summed E-state index contributed by atoms with van der Waals surface area (Å²) >= 11 is 0. The highest BCUT2D eigenvalue weighted by molar-refractivity contribution is 5.76. The highest BCUT2D eigenvalue weighted by Gasteiger charge is 2.26. The molecule has 5 nitrogen and oxygen atoms in total. The second-order valence-corrected chi connectivity index (χ2v) is 14.9. The van der Waals surface area contributed by atoms with Crippen LogP contribution in [-0.4, -0.2) is 46.1 Å². The number of unbranched alkanes of at least 4 members (excludes halogenated alkanes) is 27. The highest BCUT2D eigenvalue weighted by atomic mass is 16.3. The van der Waals surface area contributed by atoms with Crippen molar-refractivity contribution in [3.8, 4) is 0 Å². The number of nitrogens with one attached hydrogen (secondary N) is 1. The summed E-state index contributed by atoms with van der Waals surface area (Å²) in [6, 6.07) is -0.828. The van der Waals surface area contributed by atoms with Crippen LogP contribution in [0.15, 0.2) is 24.3 Å². The van der Waals surface area contributed by atoms with Gasteiger partial charge in [-0.25, -0.2) is 0 Å². The summed E-state index contributed by atoms with van der Waals surface area (Å²) < 4.78 is 0. The molecular weight excluding hydrogens is 606 g/mol. The molecule has 4 N–H and O–H groups in total. The summed E-state index contributed by atoms with van der Waals surface area (Å²) in [7, 11) is 0. The van der Waals surface area contributed by atoms with Crippen molar-refractivity contribution < 1.29 is 20.1 Å². The van der Waals surface area contributed by atoms with Crippen LogP contribution in [0.4, 0.5) is 0 Å². The molecule has 0 bridgehead atoms. The Morgan fingerprint density at radius 2 is 0.837 bits per heavy atom. The van der Waals surface area contributed by atoms with E-state index in [9.17, 15) is 20.1 Å². The molecule has 5 heteroatoms. The molecule has 0 fully saturated rings. The Bertz CT molecular complexity index is 724. The Balaban J connectivity index is 3.69. The number of aliphatic hydroxyl groups is 3. The third-order valence-corrected chi connectivity index (χ3v) is 10.0. The Kier molecular flexibility index (Phi) is 38.7.